The number of fused-ring (bicyclic) bond motifs is 3. The average molecular weight is 388 g/mol. The summed E-state index contributed by atoms with van der Waals surface area (Å²) in [4.78, 5) is 4.19. The van der Waals surface area contributed by atoms with E-state index in [4.69, 9.17) is 9.16 Å². The molecule has 2 aliphatic carbocycles. The van der Waals surface area contributed by atoms with Gasteiger partial charge in [-0.05, 0) is 61.5 Å². The largest absolute Gasteiger partial charge is 0.410 e. The highest BCUT2D eigenvalue weighted by atomic mass is 28.4. The van der Waals surface area contributed by atoms with Gasteiger partial charge in [-0.25, -0.2) is 0 Å². The Kier molecular flexibility index (Phi) is 4.28. The highest BCUT2D eigenvalue weighted by Gasteiger charge is 2.79. The number of pyridine rings is 1. The minimum Gasteiger partial charge on any atom is -0.410 e. The molecule has 1 aromatic rings. The number of ether oxygens (including phenoxy) is 1. The van der Waals surface area contributed by atoms with Crippen LogP contribution in [0.3, 0.4) is 0 Å². The fourth-order valence-corrected chi connectivity index (χ4v) is 6.52. The molecule has 1 saturated heterocycles. The topological polar surface area (TPSA) is 54.9 Å². The third-order valence-corrected chi connectivity index (χ3v) is 12.2. The quantitative estimate of drug-likeness (QED) is 0.472. The molecule has 1 aromatic heterocycles. The van der Waals surface area contributed by atoms with E-state index in [-0.39, 0.29) is 23.9 Å². The fraction of sp³-hybridized carbons (Fsp3) is 0.682. The van der Waals surface area contributed by atoms with Crippen molar-refractivity contribution in [2.75, 3.05) is 6.61 Å². The lowest BCUT2D eigenvalue weighted by molar-refractivity contribution is -0.0920. The van der Waals surface area contributed by atoms with Crippen molar-refractivity contribution in [2.45, 2.75) is 76.5 Å². The zero-order valence-electron chi connectivity index (χ0n) is 17.5. The van der Waals surface area contributed by atoms with E-state index in [0.29, 0.717) is 5.92 Å². The van der Waals surface area contributed by atoms with Crippen LogP contribution < -0.4 is 0 Å². The van der Waals surface area contributed by atoms with Crippen molar-refractivity contribution >= 4 is 8.32 Å². The second-order valence-corrected chi connectivity index (χ2v) is 15.0. The monoisotopic (exact) mass is 387 g/mol. The first-order valence-corrected chi connectivity index (χ1v) is 13.0. The Morgan fingerprint density at radius 3 is 2.56 bits per heavy atom. The van der Waals surface area contributed by atoms with Gasteiger partial charge in [0.15, 0.2) is 8.32 Å². The van der Waals surface area contributed by atoms with E-state index in [0.717, 1.165) is 18.4 Å². The molecule has 0 aromatic carbocycles. The van der Waals surface area contributed by atoms with Crippen molar-refractivity contribution in [2.24, 2.45) is 11.3 Å². The summed E-state index contributed by atoms with van der Waals surface area (Å²) < 4.78 is 13.3. The van der Waals surface area contributed by atoms with Crippen LogP contribution in [0.1, 0.15) is 46.1 Å². The van der Waals surface area contributed by atoms with Crippen LogP contribution in [0.2, 0.25) is 18.1 Å². The Labute approximate surface area is 164 Å². The van der Waals surface area contributed by atoms with Gasteiger partial charge in [-0.2, -0.15) is 0 Å². The van der Waals surface area contributed by atoms with E-state index in [1.807, 2.05) is 24.5 Å². The Bertz CT molecular complexity index is 757. The molecule has 0 bridgehead atoms. The molecule has 3 aliphatic rings. The number of hydrogen-bond acceptors (Lipinski definition) is 4. The molecule has 4 nitrogen and oxygen atoms in total. The van der Waals surface area contributed by atoms with Crippen molar-refractivity contribution in [3.05, 3.63) is 41.7 Å². The number of aliphatic hydroxyl groups is 1. The van der Waals surface area contributed by atoms with Crippen LogP contribution in [-0.4, -0.2) is 37.2 Å². The Morgan fingerprint density at radius 1 is 1.30 bits per heavy atom. The van der Waals surface area contributed by atoms with Gasteiger partial charge in [0.25, 0.3) is 0 Å². The minimum absolute atomic E-state index is 0.0829. The van der Waals surface area contributed by atoms with Crippen LogP contribution >= 0.6 is 0 Å². The molecule has 27 heavy (non-hydrogen) atoms. The van der Waals surface area contributed by atoms with Gasteiger partial charge in [-0.1, -0.05) is 32.4 Å². The fourth-order valence-electron chi connectivity index (χ4n) is 5.25. The Morgan fingerprint density at radius 2 is 1.96 bits per heavy atom. The van der Waals surface area contributed by atoms with Crippen LogP contribution in [0.15, 0.2) is 36.2 Å². The van der Waals surface area contributed by atoms with Crippen molar-refractivity contribution < 1.29 is 14.3 Å². The highest BCUT2D eigenvalue weighted by molar-refractivity contribution is 6.74. The lowest BCUT2D eigenvalue weighted by atomic mass is 9.61. The van der Waals surface area contributed by atoms with Crippen LogP contribution in [0.4, 0.5) is 0 Å². The summed E-state index contributed by atoms with van der Waals surface area (Å²) >= 11 is 0. The van der Waals surface area contributed by atoms with Gasteiger partial charge < -0.3 is 14.3 Å². The first-order chi connectivity index (χ1) is 12.6. The summed E-state index contributed by atoms with van der Waals surface area (Å²) in [5.41, 5.74) is 1.64. The van der Waals surface area contributed by atoms with Gasteiger partial charge in [0.2, 0.25) is 0 Å². The van der Waals surface area contributed by atoms with Gasteiger partial charge in [-0.15, -0.1) is 0 Å². The van der Waals surface area contributed by atoms with Gasteiger partial charge in [0.1, 0.15) is 5.60 Å². The molecule has 148 valence electrons. The summed E-state index contributed by atoms with van der Waals surface area (Å²) in [5, 5.41) is 11.0. The first-order valence-electron chi connectivity index (χ1n) is 10.1. The van der Waals surface area contributed by atoms with E-state index in [1.54, 1.807) is 0 Å². The lowest BCUT2D eigenvalue weighted by Gasteiger charge is -2.51. The molecule has 2 fully saturated rings. The van der Waals surface area contributed by atoms with Gasteiger partial charge in [0.05, 0.1) is 24.2 Å². The Balaban J connectivity index is 1.82. The van der Waals surface area contributed by atoms with Gasteiger partial charge in [-0.3, -0.25) is 4.98 Å². The summed E-state index contributed by atoms with van der Waals surface area (Å²) in [6.07, 6.45) is 7.99. The number of allylic oxidation sites excluding steroid dienone is 1. The van der Waals surface area contributed by atoms with Crippen LogP contribution in [0.5, 0.6) is 0 Å². The van der Waals surface area contributed by atoms with Gasteiger partial charge in [0, 0.05) is 12.4 Å². The molecular formula is C22H33NO3Si. The van der Waals surface area contributed by atoms with E-state index in [1.165, 1.54) is 5.57 Å². The summed E-state index contributed by atoms with van der Waals surface area (Å²) in [6, 6.07) is 4.10. The van der Waals surface area contributed by atoms with Crippen molar-refractivity contribution in [1.82, 2.24) is 4.98 Å². The predicted octanol–water partition coefficient (Wildman–Crippen LogP) is 4.41. The van der Waals surface area contributed by atoms with Crippen molar-refractivity contribution in [3.63, 3.8) is 0 Å². The molecule has 0 unspecified atom stereocenters. The smallest absolute Gasteiger partial charge is 0.192 e. The number of hydrogen-bond donors (Lipinski definition) is 1. The third kappa shape index (κ3) is 2.55. The van der Waals surface area contributed by atoms with Crippen LogP contribution in [0, 0.1) is 11.3 Å². The number of aromatic nitrogens is 1. The van der Waals surface area contributed by atoms with E-state index >= 15 is 0 Å². The summed E-state index contributed by atoms with van der Waals surface area (Å²) in [6.45, 7) is 13.7. The molecule has 5 heteroatoms. The lowest BCUT2D eigenvalue weighted by Crippen LogP contribution is -2.57. The molecule has 0 spiro atoms. The first kappa shape index (κ1) is 19.3. The standard InChI is InChI=1S/C22H33NO3Si/c1-15-11-17-13-19-22(25-19,16-7-9-23-10-8-16)21(17,14-24)18(12-15)26-27(5,6)20(2,3)4/h7-10,12,17-19,24H,11,13-14H2,1-6H3/t17-,18+,19-,21+,22-/m1/s1. The molecule has 5 atom stereocenters. The minimum atomic E-state index is -2.01. The summed E-state index contributed by atoms with van der Waals surface area (Å²) in [5.74, 6) is 0.384. The third-order valence-electron chi connectivity index (χ3n) is 7.75. The van der Waals surface area contributed by atoms with Crippen molar-refractivity contribution in [1.29, 1.82) is 0 Å². The molecule has 4 rings (SSSR count). The maximum Gasteiger partial charge on any atom is 0.192 e. The number of rotatable bonds is 4. The van der Waals surface area contributed by atoms with Gasteiger partial charge >= 0.3 is 0 Å². The molecular weight excluding hydrogens is 354 g/mol. The SMILES string of the molecule is CC1=C[C@H](O[Si](C)(C)C(C)(C)C)[C@]2(CO)[C@H](C1)C[C@H]1O[C@]12c1ccncc1. The van der Waals surface area contributed by atoms with Crippen LogP contribution in [-0.2, 0) is 14.8 Å². The maximum atomic E-state index is 10.8. The van der Waals surface area contributed by atoms with E-state index in [9.17, 15) is 5.11 Å². The molecule has 0 amide bonds. The summed E-state index contributed by atoms with van der Waals surface area (Å²) in [7, 11) is -2.01. The molecule has 0 radical (unpaired) electrons. The van der Waals surface area contributed by atoms with Crippen molar-refractivity contribution in [3.8, 4) is 0 Å². The zero-order valence-corrected chi connectivity index (χ0v) is 18.5. The molecule has 1 aliphatic heterocycles. The maximum absolute atomic E-state index is 10.8. The van der Waals surface area contributed by atoms with E-state index in [2.05, 4.69) is 51.8 Å². The normalized spacial score (nSPS) is 38.2. The molecule has 2 heterocycles. The highest BCUT2D eigenvalue weighted by Crippen LogP contribution is 2.73. The second kappa shape index (κ2) is 5.99. The average Bonchev–Trinajstić information content (AvgIpc) is 3.23. The molecule has 1 N–H and O–H groups in total. The predicted molar refractivity (Wildman–Crippen MR) is 109 cm³/mol. The molecule has 1 saturated carbocycles. The zero-order chi connectivity index (χ0) is 19.7. The number of epoxide rings is 1. The Hall–Kier alpha value is -1.01. The van der Waals surface area contributed by atoms with Crippen LogP contribution in [0.25, 0.3) is 0 Å². The number of nitrogens with zero attached hydrogens (tertiary/aromatic N) is 1. The number of aliphatic hydroxyl groups excluding tert-OH is 1. The second-order valence-electron chi connectivity index (χ2n) is 10.2. The van der Waals surface area contributed by atoms with E-state index < -0.39 is 19.3 Å².